The maximum Gasteiger partial charge on any atom is 0.226 e. The van der Waals surface area contributed by atoms with Gasteiger partial charge >= 0.3 is 0 Å². The number of rotatable bonds is 5. The molecule has 0 bridgehead atoms. The molecule has 2 aliphatic rings. The highest BCUT2D eigenvalue weighted by molar-refractivity contribution is 4.98. The monoisotopic (exact) mass is 278 g/mol. The third-order valence-electron chi connectivity index (χ3n) is 4.60. The number of aromatic nitrogens is 2. The molecule has 20 heavy (non-hydrogen) atoms. The second-order valence-corrected chi connectivity index (χ2v) is 6.00. The highest BCUT2D eigenvalue weighted by atomic mass is 16.5. The maximum absolute atomic E-state index is 5.27. The zero-order chi connectivity index (χ0) is 13.8. The van der Waals surface area contributed by atoms with Gasteiger partial charge in [-0.15, -0.1) is 0 Å². The minimum absolute atomic E-state index is 0.379. The summed E-state index contributed by atoms with van der Waals surface area (Å²) in [6, 6.07) is 0.379. The Bertz CT molecular complexity index is 414. The van der Waals surface area contributed by atoms with Crippen LogP contribution >= 0.6 is 0 Å². The predicted octanol–water partition coefficient (Wildman–Crippen LogP) is 2.25. The SMILES string of the molecule is CCc1nc([C@H]2CCCN2CCN2CCCCC2)no1. The van der Waals surface area contributed by atoms with Gasteiger partial charge in [0.25, 0.3) is 0 Å². The van der Waals surface area contributed by atoms with Gasteiger partial charge in [0, 0.05) is 19.5 Å². The molecule has 0 aromatic carbocycles. The van der Waals surface area contributed by atoms with E-state index in [4.69, 9.17) is 4.52 Å². The molecular weight excluding hydrogens is 252 g/mol. The summed E-state index contributed by atoms with van der Waals surface area (Å²) in [5.41, 5.74) is 0. The number of likely N-dealkylation sites (tertiary alicyclic amines) is 2. The van der Waals surface area contributed by atoms with Gasteiger partial charge in [0.15, 0.2) is 5.82 Å². The summed E-state index contributed by atoms with van der Waals surface area (Å²) in [4.78, 5) is 9.67. The second kappa shape index (κ2) is 6.68. The number of hydrogen-bond donors (Lipinski definition) is 0. The summed E-state index contributed by atoms with van der Waals surface area (Å²) < 4.78 is 5.27. The Morgan fingerprint density at radius 3 is 2.70 bits per heavy atom. The first-order valence-corrected chi connectivity index (χ1v) is 8.15. The third kappa shape index (κ3) is 3.20. The van der Waals surface area contributed by atoms with Crippen LogP contribution in [0.3, 0.4) is 0 Å². The van der Waals surface area contributed by atoms with Crippen LogP contribution in [-0.2, 0) is 6.42 Å². The number of nitrogens with zero attached hydrogens (tertiary/aromatic N) is 4. The summed E-state index contributed by atoms with van der Waals surface area (Å²) in [6.07, 6.45) is 7.39. The van der Waals surface area contributed by atoms with Crippen LogP contribution in [0.4, 0.5) is 0 Å². The molecule has 0 unspecified atom stereocenters. The molecule has 1 aromatic heterocycles. The Morgan fingerprint density at radius 2 is 1.95 bits per heavy atom. The van der Waals surface area contributed by atoms with Crippen molar-refractivity contribution in [1.29, 1.82) is 0 Å². The molecule has 0 saturated carbocycles. The van der Waals surface area contributed by atoms with E-state index in [0.29, 0.717) is 6.04 Å². The Labute approximate surface area is 121 Å². The fourth-order valence-corrected chi connectivity index (χ4v) is 3.39. The summed E-state index contributed by atoms with van der Waals surface area (Å²) in [7, 11) is 0. The lowest BCUT2D eigenvalue weighted by Gasteiger charge is -2.30. The number of aryl methyl sites for hydroxylation is 1. The van der Waals surface area contributed by atoms with Crippen molar-refractivity contribution in [2.75, 3.05) is 32.7 Å². The molecule has 0 radical (unpaired) electrons. The maximum atomic E-state index is 5.27. The first-order valence-electron chi connectivity index (χ1n) is 8.15. The molecule has 0 aliphatic carbocycles. The van der Waals surface area contributed by atoms with Crippen molar-refractivity contribution >= 4 is 0 Å². The van der Waals surface area contributed by atoms with Gasteiger partial charge < -0.3 is 9.42 Å². The zero-order valence-corrected chi connectivity index (χ0v) is 12.6. The Balaban J connectivity index is 1.54. The average molecular weight is 278 g/mol. The van der Waals surface area contributed by atoms with Gasteiger partial charge in [-0.1, -0.05) is 18.5 Å². The third-order valence-corrected chi connectivity index (χ3v) is 4.60. The Morgan fingerprint density at radius 1 is 1.10 bits per heavy atom. The first kappa shape index (κ1) is 14.0. The highest BCUT2D eigenvalue weighted by Crippen LogP contribution is 2.29. The lowest BCUT2D eigenvalue weighted by molar-refractivity contribution is 0.170. The molecule has 1 aromatic rings. The molecule has 3 rings (SSSR count). The predicted molar refractivity (Wildman–Crippen MR) is 77.5 cm³/mol. The molecule has 2 saturated heterocycles. The average Bonchev–Trinajstić information content (AvgIpc) is 3.14. The van der Waals surface area contributed by atoms with Crippen LogP contribution in [0.25, 0.3) is 0 Å². The summed E-state index contributed by atoms with van der Waals surface area (Å²) >= 11 is 0. The van der Waals surface area contributed by atoms with Gasteiger partial charge in [0.1, 0.15) is 0 Å². The molecule has 5 heteroatoms. The van der Waals surface area contributed by atoms with Gasteiger partial charge in [-0.2, -0.15) is 4.98 Å². The fraction of sp³-hybridized carbons (Fsp3) is 0.867. The van der Waals surface area contributed by atoms with Crippen LogP contribution in [0.2, 0.25) is 0 Å². The molecule has 5 nitrogen and oxygen atoms in total. The van der Waals surface area contributed by atoms with E-state index in [1.807, 2.05) is 0 Å². The molecule has 0 amide bonds. The molecule has 2 fully saturated rings. The van der Waals surface area contributed by atoms with Crippen LogP contribution in [0.5, 0.6) is 0 Å². The second-order valence-electron chi connectivity index (χ2n) is 6.00. The van der Waals surface area contributed by atoms with Crippen molar-refractivity contribution in [3.63, 3.8) is 0 Å². The van der Waals surface area contributed by atoms with Crippen molar-refractivity contribution < 1.29 is 4.52 Å². The van der Waals surface area contributed by atoms with Gasteiger partial charge in [0.05, 0.1) is 6.04 Å². The van der Waals surface area contributed by atoms with E-state index < -0.39 is 0 Å². The van der Waals surface area contributed by atoms with Crippen molar-refractivity contribution in [1.82, 2.24) is 19.9 Å². The smallest absolute Gasteiger partial charge is 0.226 e. The summed E-state index contributed by atoms with van der Waals surface area (Å²) in [5, 5.41) is 4.17. The van der Waals surface area contributed by atoms with Crippen LogP contribution in [0.1, 0.15) is 56.8 Å². The minimum atomic E-state index is 0.379. The lowest BCUT2D eigenvalue weighted by Crippen LogP contribution is -2.37. The van der Waals surface area contributed by atoms with Crippen LogP contribution < -0.4 is 0 Å². The molecule has 0 N–H and O–H groups in total. The normalized spacial score (nSPS) is 25.4. The van der Waals surface area contributed by atoms with E-state index in [-0.39, 0.29) is 0 Å². The van der Waals surface area contributed by atoms with Gasteiger partial charge in [-0.05, 0) is 45.3 Å². The topological polar surface area (TPSA) is 45.4 Å². The zero-order valence-electron chi connectivity index (χ0n) is 12.6. The van der Waals surface area contributed by atoms with Crippen LogP contribution in [0.15, 0.2) is 4.52 Å². The van der Waals surface area contributed by atoms with Crippen LogP contribution in [0, 0.1) is 0 Å². The van der Waals surface area contributed by atoms with Gasteiger partial charge in [-0.25, -0.2) is 0 Å². The van der Waals surface area contributed by atoms with E-state index in [9.17, 15) is 0 Å². The Kier molecular flexibility index (Phi) is 4.68. The molecule has 3 heterocycles. The Hall–Kier alpha value is -0.940. The van der Waals surface area contributed by atoms with Crippen molar-refractivity contribution in [3.8, 4) is 0 Å². The minimum Gasteiger partial charge on any atom is -0.339 e. The van der Waals surface area contributed by atoms with Crippen molar-refractivity contribution in [2.24, 2.45) is 0 Å². The van der Waals surface area contributed by atoms with Crippen molar-refractivity contribution in [2.45, 2.75) is 51.5 Å². The molecule has 2 aliphatic heterocycles. The van der Waals surface area contributed by atoms with Gasteiger partial charge in [0.2, 0.25) is 5.89 Å². The number of hydrogen-bond acceptors (Lipinski definition) is 5. The first-order chi connectivity index (χ1) is 9.86. The lowest BCUT2D eigenvalue weighted by atomic mass is 10.1. The molecule has 1 atom stereocenters. The molecular formula is C15H26N4O. The standard InChI is InChI=1S/C15H26N4O/c1-2-14-16-15(17-20-14)13-7-6-10-19(13)12-11-18-8-4-3-5-9-18/h13H,2-12H2,1H3/t13-/m1/s1. The van der Waals surface area contributed by atoms with E-state index >= 15 is 0 Å². The van der Waals surface area contributed by atoms with Crippen molar-refractivity contribution in [3.05, 3.63) is 11.7 Å². The van der Waals surface area contributed by atoms with E-state index in [0.717, 1.165) is 24.7 Å². The number of piperidine rings is 1. The quantitative estimate of drug-likeness (QED) is 0.826. The summed E-state index contributed by atoms with van der Waals surface area (Å²) in [6.45, 7) is 8.12. The van der Waals surface area contributed by atoms with Crippen LogP contribution in [-0.4, -0.2) is 52.7 Å². The largest absolute Gasteiger partial charge is 0.339 e. The highest BCUT2D eigenvalue weighted by Gasteiger charge is 2.29. The fourth-order valence-electron chi connectivity index (χ4n) is 3.39. The molecule has 112 valence electrons. The summed E-state index contributed by atoms with van der Waals surface area (Å²) in [5.74, 6) is 1.67. The van der Waals surface area contributed by atoms with E-state index in [1.165, 1.54) is 58.3 Å². The van der Waals surface area contributed by atoms with E-state index in [2.05, 4.69) is 26.9 Å². The molecule has 0 spiro atoms. The van der Waals surface area contributed by atoms with E-state index in [1.54, 1.807) is 0 Å². The van der Waals surface area contributed by atoms with Gasteiger partial charge in [-0.3, -0.25) is 4.90 Å².